The highest BCUT2D eigenvalue weighted by atomic mass is 79.9. The summed E-state index contributed by atoms with van der Waals surface area (Å²) in [5.74, 6) is -0.936. The molecule has 2 N–H and O–H groups in total. The zero-order valence-corrected chi connectivity index (χ0v) is 16.7. The lowest BCUT2D eigenvalue weighted by molar-refractivity contribution is 0.0504. The molecule has 1 aliphatic carbocycles. The summed E-state index contributed by atoms with van der Waals surface area (Å²) in [6.07, 6.45) is 4.26. The number of aromatic carboxylic acids is 1. The number of carboxylic acids is 1. The fraction of sp³-hybridized carbons (Fsp3) is 0.474. The number of hydrogen-bond acceptors (Lipinski definition) is 3. The first-order valence-corrected chi connectivity index (χ1v) is 9.46. The van der Waals surface area contributed by atoms with Crippen LogP contribution in [-0.2, 0) is 4.74 Å². The van der Waals surface area contributed by atoms with Crippen molar-refractivity contribution in [2.75, 3.05) is 0 Å². The summed E-state index contributed by atoms with van der Waals surface area (Å²) in [5, 5.41) is 13.0. The van der Waals surface area contributed by atoms with Crippen molar-refractivity contribution in [1.29, 1.82) is 0 Å². The molecule has 1 aromatic carbocycles. The molecule has 0 radical (unpaired) electrons. The lowest BCUT2D eigenvalue weighted by Gasteiger charge is -2.22. The maximum atomic E-state index is 12.0. The molecule has 0 bridgehead atoms. The van der Waals surface area contributed by atoms with E-state index in [1.54, 1.807) is 12.1 Å². The Balaban J connectivity index is 1.75. The van der Waals surface area contributed by atoms with E-state index in [1.807, 2.05) is 33.0 Å². The summed E-state index contributed by atoms with van der Waals surface area (Å²) >= 11 is 3.53. The third kappa shape index (κ3) is 4.03. The van der Waals surface area contributed by atoms with E-state index in [0.29, 0.717) is 0 Å². The van der Waals surface area contributed by atoms with Gasteiger partial charge in [0.15, 0.2) is 0 Å². The third-order valence-electron chi connectivity index (χ3n) is 4.55. The molecule has 2 atom stereocenters. The van der Waals surface area contributed by atoms with Crippen LogP contribution in [0.3, 0.4) is 0 Å². The molecular formula is C19H23BrN2O4. The van der Waals surface area contributed by atoms with Gasteiger partial charge in [0.25, 0.3) is 0 Å². The van der Waals surface area contributed by atoms with Gasteiger partial charge in [-0.2, -0.15) is 0 Å². The molecule has 1 amide bonds. The van der Waals surface area contributed by atoms with Gasteiger partial charge in [-0.05, 0) is 74.2 Å². The van der Waals surface area contributed by atoms with Crippen LogP contribution in [0.15, 0.2) is 28.9 Å². The fourth-order valence-electron chi connectivity index (χ4n) is 3.46. The van der Waals surface area contributed by atoms with Crippen molar-refractivity contribution in [3.63, 3.8) is 0 Å². The van der Waals surface area contributed by atoms with Crippen LogP contribution in [0.25, 0.3) is 10.9 Å². The van der Waals surface area contributed by atoms with Crippen molar-refractivity contribution in [3.05, 3.63) is 34.4 Å². The number of carbonyl (C=O) groups is 2. The smallest absolute Gasteiger partial charge is 0.407 e. The van der Waals surface area contributed by atoms with Crippen LogP contribution < -0.4 is 5.32 Å². The van der Waals surface area contributed by atoms with E-state index in [1.165, 1.54) is 0 Å². The summed E-state index contributed by atoms with van der Waals surface area (Å²) in [6.45, 7) is 5.54. The predicted molar refractivity (Wildman–Crippen MR) is 103 cm³/mol. The molecule has 0 unspecified atom stereocenters. The van der Waals surface area contributed by atoms with Crippen LogP contribution in [0.1, 0.15) is 56.4 Å². The van der Waals surface area contributed by atoms with Crippen LogP contribution in [0.5, 0.6) is 0 Å². The molecule has 26 heavy (non-hydrogen) atoms. The molecule has 1 saturated carbocycles. The van der Waals surface area contributed by atoms with E-state index in [2.05, 4.69) is 25.8 Å². The van der Waals surface area contributed by atoms with Gasteiger partial charge in [0, 0.05) is 33.7 Å². The second-order valence-corrected chi connectivity index (χ2v) is 8.59. The summed E-state index contributed by atoms with van der Waals surface area (Å²) < 4.78 is 8.37. The first-order valence-electron chi connectivity index (χ1n) is 8.67. The Kier molecular flexibility index (Phi) is 5.01. The number of nitrogens with zero attached hydrogens (tertiary/aromatic N) is 1. The number of alkyl carbamates (subject to hydrolysis) is 1. The van der Waals surface area contributed by atoms with Gasteiger partial charge in [-0.3, -0.25) is 0 Å². The Labute approximate surface area is 160 Å². The number of hydrogen-bond donors (Lipinski definition) is 2. The van der Waals surface area contributed by atoms with E-state index in [0.717, 1.165) is 34.6 Å². The van der Waals surface area contributed by atoms with Crippen LogP contribution in [0.4, 0.5) is 4.79 Å². The van der Waals surface area contributed by atoms with Crippen LogP contribution >= 0.6 is 15.9 Å². The van der Waals surface area contributed by atoms with E-state index in [-0.39, 0.29) is 23.7 Å². The summed E-state index contributed by atoms with van der Waals surface area (Å²) in [4.78, 5) is 23.2. The number of carbonyl (C=O) groups excluding carboxylic acids is 1. The highest BCUT2D eigenvalue weighted by molar-refractivity contribution is 9.10. The van der Waals surface area contributed by atoms with Gasteiger partial charge < -0.3 is 19.7 Å². The molecule has 1 fully saturated rings. The van der Waals surface area contributed by atoms with Gasteiger partial charge in [-0.1, -0.05) is 0 Å². The summed E-state index contributed by atoms with van der Waals surface area (Å²) in [6, 6.07) is 5.48. The van der Waals surface area contributed by atoms with Crippen molar-refractivity contribution >= 4 is 38.9 Å². The molecule has 1 aliphatic rings. The van der Waals surface area contributed by atoms with Crippen molar-refractivity contribution < 1.29 is 19.4 Å². The molecule has 0 saturated heterocycles. The second-order valence-electron chi connectivity index (χ2n) is 7.73. The van der Waals surface area contributed by atoms with E-state index in [9.17, 15) is 14.7 Å². The molecule has 1 heterocycles. The highest BCUT2D eigenvalue weighted by Crippen LogP contribution is 2.36. The van der Waals surface area contributed by atoms with Crippen molar-refractivity contribution in [2.45, 2.75) is 57.7 Å². The Morgan fingerprint density at radius 2 is 2.04 bits per heavy atom. The standard InChI is InChI=1S/C19H23BrN2O4/c1-19(2,3)26-18(25)21-12-5-6-13(9-12)22-10-15(20)14-8-11(17(23)24)4-7-16(14)22/h4,7-8,10,12-13H,5-6,9H2,1-3H3,(H,21,25)(H,23,24)/t12-,13+/m1/s1. The molecule has 1 aromatic heterocycles. The zero-order chi connectivity index (χ0) is 19.1. The van der Waals surface area contributed by atoms with Gasteiger partial charge in [0.05, 0.1) is 5.56 Å². The minimum Gasteiger partial charge on any atom is -0.478 e. The quantitative estimate of drug-likeness (QED) is 0.749. The van der Waals surface area contributed by atoms with Gasteiger partial charge in [-0.15, -0.1) is 0 Å². The largest absolute Gasteiger partial charge is 0.478 e. The molecular weight excluding hydrogens is 400 g/mol. The number of halogens is 1. The van der Waals surface area contributed by atoms with Gasteiger partial charge in [0.1, 0.15) is 5.60 Å². The summed E-state index contributed by atoms with van der Waals surface area (Å²) in [5.41, 5.74) is 0.752. The van der Waals surface area contributed by atoms with Crippen LogP contribution in [-0.4, -0.2) is 33.4 Å². The Morgan fingerprint density at radius 1 is 1.31 bits per heavy atom. The Hall–Kier alpha value is -2.02. The normalized spacial score (nSPS) is 20.3. The fourth-order valence-corrected chi connectivity index (χ4v) is 4.00. The second kappa shape index (κ2) is 6.95. The molecule has 140 valence electrons. The van der Waals surface area contributed by atoms with E-state index >= 15 is 0 Å². The highest BCUT2D eigenvalue weighted by Gasteiger charge is 2.29. The minimum atomic E-state index is -0.936. The molecule has 6 nitrogen and oxygen atoms in total. The predicted octanol–water partition coefficient (Wildman–Crippen LogP) is 4.72. The first-order chi connectivity index (χ1) is 12.1. The Bertz CT molecular complexity index is 853. The number of nitrogens with one attached hydrogen (secondary N) is 1. The maximum absolute atomic E-state index is 12.0. The third-order valence-corrected chi connectivity index (χ3v) is 5.18. The number of amides is 1. The Morgan fingerprint density at radius 3 is 2.69 bits per heavy atom. The van der Waals surface area contributed by atoms with Crippen LogP contribution in [0, 0.1) is 0 Å². The van der Waals surface area contributed by atoms with E-state index < -0.39 is 11.6 Å². The summed E-state index contributed by atoms with van der Waals surface area (Å²) in [7, 11) is 0. The van der Waals surface area contributed by atoms with E-state index in [4.69, 9.17) is 4.74 Å². The van der Waals surface area contributed by atoms with Gasteiger partial charge in [-0.25, -0.2) is 9.59 Å². The number of benzene rings is 1. The first kappa shape index (κ1) is 18.8. The number of carboxylic acid groups (broad SMARTS) is 1. The van der Waals surface area contributed by atoms with Gasteiger partial charge in [0.2, 0.25) is 0 Å². The lowest BCUT2D eigenvalue weighted by Crippen LogP contribution is -2.38. The zero-order valence-electron chi connectivity index (χ0n) is 15.1. The molecule has 3 rings (SSSR count). The van der Waals surface area contributed by atoms with Crippen molar-refractivity contribution in [1.82, 2.24) is 9.88 Å². The number of rotatable bonds is 3. The minimum absolute atomic E-state index is 0.0735. The molecule has 2 aromatic rings. The van der Waals surface area contributed by atoms with Gasteiger partial charge >= 0.3 is 12.1 Å². The SMILES string of the molecule is CC(C)(C)OC(=O)N[C@@H]1CC[C@H](n2cc(Br)c3cc(C(=O)O)ccc32)C1. The van der Waals surface area contributed by atoms with Crippen molar-refractivity contribution in [2.24, 2.45) is 0 Å². The molecule has 7 heteroatoms. The topological polar surface area (TPSA) is 80.6 Å². The average Bonchev–Trinajstić information content (AvgIpc) is 3.10. The average molecular weight is 423 g/mol. The number of ether oxygens (including phenoxy) is 1. The number of aromatic nitrogens is 1. The van der Waals surface area contributed by atoms with Crippen molar-refractivity contribution in [3.8, 4) is 0 Å². The molecule has 0 spiro atoms. The molecule has 0 aliphatic heterocycles. The maximum Gasteiger partial charge on any atom is 0.407 e. The van der Waals surface area contributed by atoms with Crippen LogP contribution in [0.2, 0.25) is 0 Å². The number of fused-ring (bicyclic) bond motifs is 1. The monoisotopic (exact) mass is 422 g/mol. The lowest BCUT2D eigenvalue weighted by atomic mass is 10.1.